The molecule has 2 aromatic rings. The first kappa shape index (κ1) is 16.8. The van der Waals surface area contributed by atoms with Crippen LogP contribution >= 0.6 is 0 Å². The summed E-state index contributed by atoms with van der Waals surface area (Å²) in [6, 6.07) is 9.56. The van der Waals surface area contributed by atoms with Crippen molar-refractivity contribution in [1.82, 2.24) is 4.31 Å². The Kier molecular flexibility index (Phi) is 3.66. The SMILES string of the molecule is Cc1cccc(NC(=O)c2ccc3c(c2)S(=O)(=O)N(C2CC2)C3=O)c1C. The summed E-state index contributed by atoms with van der Waals surface area (Å²) in [5.41, 5.74) is 3.02. The summed E-state index contributed by atoms with van der Waals surface area (Å²) in [6.07, 6.45) is 1.39. The van der Waals surface area contributed by atoms with Crippen LogP contribution in [0.15, 0.2) is 41.3 Å². The number of fused-ring (bicyclic) bond motifs is 1. The van der Waals surface area contributed by atoms with Gasteiger partial charge in [0.25, 0.3) is 21.8 Å². The summed E-state index contributed by atoms with van der Waals surface area (Å²) in [4.78, 5) is 24.9. The van der Waals surface area contributed by atoms with Gasteiger partial charge < -0.3 is 5.32 Å². The number of amides is 2. The molecule has 2 amide bonds. The quantitative estimate of drug-likeness (QED) is 0.900. The zero-order chi connectivity index (χ0) is 18.6. The van der Waals surface area contributed by atoms with E-state index in [0.29, 0.717) is 18.5 Å². The van der Waals surface area contributed by atoms with Gasteiger partial charge in [0.15, 0.2) is 0 Å². The number of benzene rings is 2. The maximum atomic E-state index is 12.7. The number of hydrogen-bond donors (Lipinski definition) is 1. The van der Waals surface area contributed by atoms with Crippen LogP contribution in [-0.2, 0) is 10.0 Å². The van der Waals surface area contributed by atoms with Crippen molar-refractivity contribution >= 4 is 27.5 Å². The first-order chi connectivity index (χ1) is 12.3. The monoisotopic (exact) mass is 370 g/mol. The summed E-state index contributed by atoms with van der Waals surface area (Å²) in [7, 11) is -3.87. The maximum Gasteiger partial charge on any atom is 0.269 e. The summed E-state index contributed by atoms with van der Waals surface area (Å²) in [6.45, 7) is 3.86. The number of carbonyl (C=O) groups is 2. The molecule has 1 aliphatic heterocycles. The number of hydrogen-bond acceptors (Lipinski definition) is 4. The Hall–Kier alpha value is -2.67. The van der Waals surface area contributed by atoms with Gasteiger partial charge in [0.2, 0.25) is 0 Å². The van der Waals surface area contributed by atoms with Crippen molar-refractivity contribution in [1.29, 1.82) is 0 Å². The van der Waals surface area contributed by atoms with Crippen LogP contribution < -0.4 is 5.32 Å². The third kappa shape index (κ3) is 2.50. The highest BCUT2D eigenvalue weighted by molar-refractivity contribution is 7.90. The number of aryl methyl sites for hydroxylation is 1. The van der Waals surface area contributed by atoms with Crippen LogP contribution in [0, 0.1) is 13.8 Å². The fraction of sp³-hybridized carbons (Fsp3) is 0.263. The molecule has 1 saturated carbocycles. The Morgan fingerprint density at radius 1 is 1.15 bits per heavy atom. The number of nitrogens with zero attached hydrogens (tertiary/aromatic N) is 1. The van der Waals surface area contributed by atoms with Gasteiger partial charge in [-0.2, -0.15) is 0 Å². The average Bonchev–Trinajstić information content (AvgIpc) is 3.40. The minimum atomic E-state index is -3.87. The molecule has 7 heteroatoms. The number of nitrogens with one attached hydrogen (secondary N) is 1. The van der Waals surface area contributed by atoms with E-state index >= 15 is 0 Å². The van der Waals surface area contributed by atoms with Crippen LogP contribution in [0.2, 0.25) is 0 Å². The van der Waals surface area contributed by atoms with Gasteiger partial charge in [-0.3, -0.25) is 9.59 Å². The molecule has 0 unspecified atom stereocenters. The lowest BCUT2D eigenvalue weighted by Gasteiger charge is -2.13. The summed E-state index contributed by atoms with van der Waals surface area (Å²) in [5, 5.41) is 2.81. The second-order valence-corrected chi connectivity index (χ2v) is 8.53. The van der Waals surface area contributed by atoms with Crippen molar-refractivity contribution in [2.75, 3.05) is 5.32 Å². The van der Waals surface area contributed by atoms with E-state index in [1.807, 2.05) is 26.0 Å². The lowest BCUT2D eigenvalue weighted by molar-refractivity contribution is 0.0864. The first-order valence-electron chi connectivity index (χ1n) is 8.41. The molecular weight excluding hydrogens is 352 g/mol. The molecule has 2 aliphatic rings. The van der Waals surface area contributed by atoms with E-state index in [4.69, 9.17) is 0 Å². The zero-order valence-corrected chi connectivity index (χ0v) is 15.3. The lowest BCUT2D eigenvalue weighted by atomic mass is 10.1. The molecule has 0 aromatic heterocycles. The van der Waals surface area contributed by atoms with E-state index in [9.17, 15) is 18.0 Å². The molecule has 1 fully saturated rings. The molecule has 1 N–H and O–H groups in total. The second-order valence-electron chi connectivity index (χ2n) is 6.75. The molecule has 1 aliphatic carbocycles. The Morgan fingerprint density at radius 3 is 2.58 bits per heavy atom. The van der Waals surface area contributed by atoms with Crippen molar-refractivity contribution in [3.8, 4) is 0 Å². The van der Waals surface area contributed by atoms with E-state index < -0.39 is 21.8 Å². The highest BCUT2D eigenvalue weighted by atomic mass is 32.2. The third-order valence-electron chi connectivity index (χ3n) is 4.94. The third-order valence-corrected chi connectivity index (χ3v) is 6.82. The highest BCUT2D eigenvalue weighted by Gasteiger charge is 2.48. The largest absolute Gasteiger partial charge is 0.322 e. The molecule has 0 radical (unpaired) electrons. The lowest BCUT2D eigenvalue weighted by Crippen LogP contribution is -2.31. The van der Waals surface area contributed by atoms with E-state index in [0.717, 1.165) is 15.4 Å². The molecule has 134 valence electrons. The molecule has 0 saturated heterocycles. The Balaban J connectivity index is 1.68. The van der Waals surface area contributed by atoms with Gasteiger partial charge in [0, 0.05) is 17.3 Å². The van der Waals surface area contributed by atoms with Crippen LogP contribution in [0.4, 0.5) is 5.69 Å². The molecule has 0 bridgehead atoms. The zero-order valence-electron chi connectivity index (χ0n) is 14.4. The molecule has 26 heavy (non-hydrogen) atoms. The molecule has 6 nitrogen and oxygen atoms in total. The molecular formula is C19H18N2O4S. The fourth-order valence-corrected chi connectivity index (χ4v) is 4.98. The van der Waals surface area contributed by atoms with Crippen LogP contribution in [-0.4, -0.2) is 30.6 Å². The summed E-state index contributed by atoms with van der Waals surface area (Å²) in [5.74, 6) is -0.905. The maximum absolute atomic E-state index is 12.7. The number of carbonyl (C=O) groups excluding carboxylic acids is 2. The molecule has 0 spiro atoms. The van der Waals surface area contributed by atoms with Gasteiger partial charge in [0.05, 0.1) is 5.56 Å². The van der Waals surface area contributed by atoms with Gasteiger partial charge >= 0.3 is 0 Å². The van der Waals surface area contributed by atoms with E-state index in [-0.39, 0.29) is 22.1 Å². The second kappa shape index (κ2) is 5.67. The van der Waals surface area contributed by atoms with Crippen LogP contribution in [0.3, 0.4) is 0 Å². The standard InChI is InChI=1S/C19H18N2O4S/c1-11-4-3-5-16(12(11)2)20-18(22)13-6-9-15-17(10-13)26(24,25)21(19(15)23)14-7-8-14/h3-6,9-10,14H,7-8H2,1-2H3,(H,20,22). The molecule has 0 atom stereocenters. The van der Waals surface area contributed by atoms with Gasteiger partial charge in [-0.25, -0.2) is 12.7 Å². The predicted molar refractivity (Wildman–Crippen MR) is 96.7 cm³/mol. The van der Waals surface area contributed by atoms with Crippen molar-refractivity contribution in [3.63, 3.8) is 0 Å². The van der Waals surface area contributed by atoms with Crippen LogP contribution in [0.1, 0.15) is 44.7 Å². The first-order valence-corrected chi connectivity index (χ1v) is 9.85. The normalized spacial score (nSPS) is 17.9. The van der Waals surface area contributed by atoms with Crippen molar-refractivity contribution < 1.29 is 18.0 Å². The Bertz CT molecular complexity index is 1060. The predicted octanol–water partition coefficient (Wildman–Crippen LogP) is 2.86. The Labute approximate surface area is 151 Å². The number of rotatable bonds is 3. The van der Waals surface area contributed by atoms with E-state index in [1.165, 1.54) is 18.2 Å². The van der Waals surface area contributed by atoms with Crippen molar-refractivity contribution in [3.05, 3.63) is 58.7 Å². The molecule has 4 rings (SSSR count). The van der Waals surface area contributed by atoms with Gasteiger partial charge in [-0.1, -0.05) is 12.1 Å². The average molecular weight is 370 g/mol. The van der Waals surface area contributed by atoms with E-state index in [2.05, 4.69) is 5.32 Å². The van der Waals surface area contributed by atoms with Crippen LogP contribution in [0.25, 0.3) is 0 Å². The minimum absolute atomic E-state index is 0.0805. The van der Waals surface area contributed by atoms with Gasteiger partial charge in [-0.05, 0) is 62.1 Å². The smallest absolute Gasteiger partial charge is 0.269 e. The summed E-state index contributed by atoms with van der Waals surface area (Å²) >= 11 is 0. The van der Waals surface area contributed by atoms with Gasteiger partial charge in [0.1, 0.15) is 4.90 Å². The minimum Gasteiger partial charge on any atom is -0.322 e. The topological polar surface area (TPSA) is 83.6 Å². The Morgan fingerprint density at radius 2 is 1.88 bits per heavy atom. The molecule has 2 aromatic carbocycles. The fourth-order valence-electron chi connectivity index (χ4n) is 3.14. The highest BCUT2D eigenvalue weighted by Crippen LogP contribution is 2.39. The molecule has 1 heterocycles. The van der Waals surface area contributed by atoms with Crippen molar-refractivity contribution in [2.45, 2.75) is 37.6 Å². The number of anilines is 1. The van der Waals surface area contributed by atoms with Crippen molar-refractivity contribution in [2.24, 2.45) is 0 Å². The number of sulfonamides is 1. The van der Waals surface area contributed by atoms with E-state index in [1.54, 1.807) is 6.07 Å². The van der Waals surface area contributed by atoms with Crippen LogP contribution in [0.5, 0.6) is 0 Å². The van der Waals surface area contributed by atoms with Gasteiger partial charge in [-0.15, -0.1) is 0 Å². The summed E-state index contributed by atoms with van der Waals surface area (Å²) < 4.78 is 26.3.